The Labute approximate surface area is 186 Å². The number of fused-ring (bicyclic) bond motifs is 1. The van der Waals surface area contributed by atoms with E-state index in [4.69, 9.17) is 4.98 Å². The van der Waals surface area contributed by atoms with E-state index in [1.165, 1.54) is 11.1 Å². The van der Waals surface area contributed by atoms with Crippen LogP contribution in [0.25, 0.3) is 22.2 Å². The lowest BCUT2D eigenvalue weighted by Crippen LogP contribution is -2.31. The lowest BCUT2D eigenvalue weighted by Gasteiger charge is -2.20. The van der Waals surface area contributed by atoms with Crippen LogP contribution in [0.2, 0.25) is 0 Å². The maximum atomic E-state index is 13.1. The zero-order valence-electron chi connectivity index (χ0n) is 19.4. The second-order valence-corrected chi connectivity index (χ2v) is 8.32. The minimum atomic E-state index is -0.0267. The third-order valence-corrected chi connectivity index (χ3v) is 5.78. The zero-order valence-corrected chi connectivity index (χ0v) is 19.4. The number of pyridine rings is 1. The Bertz CT molecular complexity index is 1020. The van der Waals surface area contributed by atoms with Crippen molar-refractivity contribution in [3.05, 3.63) is 65.2 Å². The van der Waals surface area contributed by atoms with E-state index in [0.717, 1.165) is 61.1 Å². The van der Waals surface area contributed by atoms with Gasteiger partial charge in [0, 0.05) is 17.5 Å². The molecule has 0 fully saturated rings. The van der Waals surface area contributed by atoms with Gasteiger partial charge in [-0.25, -0.2) is 4.98 Å². The first-order chi connectivity index (χ1) is 15.0. The number of benzene rings is 2. The van der Waals surface area contributed by atoms with Crippen LogP contribution in [0, 0.1) is 13.8 Å². The Hall–Kier alpha value is -2.72. The third-order valence-electron chi connectivity index (χ3n) is 5.78. The van der Waals surface area contributed by atoms with Gasteiger partial charge >= 0.3 is 0 Å². The molecular weight excluding hydrogens is 382 g/mol. The molecule has 0 saturated carbocycles. The van der Waals surface area contributed by atoms with Crippen LogP contribution in [-0.4, -0.2) is 42.0 Å². The first kappa shape index (κ1) is 23.0. The van der Waals surface area contributed by atoms with Crippen LogP contribution in [-0.2, 0) is 0 Å². The summed E-state index contributed by atoms with van der Waals surface area (Å²) in [5, 5.41) is 4.03. The maximum absolute atomic E-state index is 13.1. The van der Waals surface area contributed by atoms with Gasteiger partial charge in [0.25, 0.3) is 5.91 Å². The van der Waals surface area contributed by atoms with Crippen LogP contribution in [0.1, 0.15) is 54.6 Å². The van der Waals surface area contributed by atoms with E-state index in [0.29, 0.717) is 12.1 Å². The number of nitrogens with one attached hydrogen (secondary N) is 1. The van der Waals surface area contributed by atoms with Crippen molar-refractivity contribution in [1.29, 1.82) is 0 Å². The SMILES string of the molecule is CCCN(CCC)CCCNC(=O)c1cc(-c2ccc(C)c(C)c2)nc2ccccc12. The fourth-order valence-corrected chi connectivity index (χ4v) is 3.98. The van der Waals surface area contributed by atoms with E-state index in [-0.39, 0.29) is 5.91 Å². The molecule has 1 heterocycles. The number of hydrogen-bond donors (Lipinski definition) is 1. The van der Waals surface area contributed by atoms with E-state index in [9.17, 15) is 4.79 Å². The number of rotatable bonds is 10. The van der Waals surface area contributed by atoms with Crippen LogP contribution >= 0.6 is 0 Å². The lowest BCUT2D eigenvalue weighted by atomic mass is 10.0. The molecule has 1 amide bonds. The van der Waals surface area contributed by atoms with Crippen LogP contribution in [0.4, 0.5) is 0 Å². The van der Waals surface area contributed by atoms with Crippen LogP contribution < -0.4 is 5.32 Å². The minimum Gasteiger partial charge on any atom is -0.352 e. The second-order valence-electron chi connectivity index (χ2n) is 8.32. The first-order valence-electron chi connectivity index (χ1n) is 11.5. The van der Waals surface area contributed by atoms with Crippen LogP contribution in [0.3, 0.4) is 0 Å². The fourth-order valence-electron chi connectivity index (χ4n) is 3.98. The number of nitrogens with zero attached hydrogens (tertiary/aromatic N) is 2. The number of para-hydroxylation sites is 1. The lowest BCUT2D eigenvalue weighted by molar-refractivity contribution is 0.0953. The number of aromatic nitrogens is 1. The standard InChI is InChI=1S/C27H35N3O/c1-5-15-30(16-6-2)17-9-14-28-27(31)24-19-26(22-13-12-20(3)21(4)18-22)29-25-11-8-7-10-23(24)25/h7-8,10-13,18-19H,5-6,9,14-17H2,1-4H3,(H,28,31). The van der Waals surface area contributed by atoms with Gasteiger partial charge in [0.15, 0.2) is 0 Å². The van der Waals surface area contributed by atoms with Gasteiger partial charge in [-0.2, -0.15) is 0 Å². The highest BCUT2D eigenvalue weighted by Crippen LogP contribution is 2.26. The van der Waals surface area contributed by atoms with Crippen LogP contribution in [0.5, 0.6) is 0 Å². The fraction of sp³-hybridized carbons (Fsp3) is 0.407. The highest BCUT2D eigenvalue weighted by atomic mass is 16.1. The summed E-state index contributed by atoms with van der Waals surface area (Å²) in [5.41, 5.74) is 5.89. The van der Waals surface area contributed by atoms with E-state index in [2.05, 4.69) is 56.1 Å². The molecule has 3 aromatic rings. The predicted molar refractivity (Wildman–Crippen MR) is 131 cm³/mol. The molecule has 2 aromatic carbocycles. The third kappa shape index (κ3) is 5.92. The molecule has 0 atom stereocenters. The van der Waals surface area contributed by atoms with Gasteiger partial charge in [0.1, 0.15) is 0 Å². The van der Waals surface area contributed by atoms with Crippen molar-refractivity contribution in [3.63, 3.8) is 0 Å². The summed E-state index contributed by atoms with van der Waals surface area (Å²) in [7, 11) is 0. The first-order valence-corrected chi connectivity index (χ1v) is 11.5. The minimum absolute atomic E-state index is 0.0267. The smallest absolute Gasteiger partial charge is 0.252 e. The molecule has 0 aliphatic rings. The van der Waals surface area contributed by atoms with Crippen molar-refractivity contribution in [2.45, 2.75) is 47.0 Å². The Morgan fingerprint density at radius 1 is 0.935 bits per heavy atom. The average molecular weight is 418 g/mol. The van der Waals surface area contributed by atoms with E-state index in [1.807, 2.05) is 30.3 Å². The summed E-state index contributed by atoms with van der Waals surface area (Å²) in [6.07, 6.45) is 3.28. The van der Waals surface area contributed by atoms with Crippen molar-refractivity contribution >= 4 is 16.8 Å². The van der Waals surface area contributed by atoms with Crippen molar-refractivity contribution in [2.24, 2.45) is 0 Å². The molecule has 4 heteroatoms. The quantitative estimate of drug-likeness (QED) is 0.427. The molecular formula is C27H35N3O. The van der Waals surface area contributed by atoms with Gasteiger partial charge in [-0.1, -0.05) is 44.2 Å². The van der Waals surface area contributed by atoms with Crippen molar-refractivity contribution in [1.82, 2.24) is 15.2 Å². The zero-order chi connectivity index (χ0) is 22.2. The second kappa shape index (κ2) is 11.1. The number of carbonyl (C=O) groups excluding carboxylic acids is 1. The molecule has 3 rings (SSSR count). The van der Waals surface area contributed by atoms with Crippen molar-refractivity contribution in [3.8, 4) is 11.3 Å². The van der Waals surface area contributed by atoms with Crippen LogP contribution in [0.15, 0.2) is 48.5 Å². The molecule has 0 saturated heterocycles. The highest BCUT2D eigenvalue weighted by Gasteiger charge is 2.14. The van der Waals surface area contributed by atoms with E-state index < -0.39 is 0 Å². The average Bonchev–Trinajstić information content (AvgIpc) is 2.78. The van der Waals surface area contributed by atoms with Crippen molar-refractivity contribution in [2.75, 3.05) is 26.2 Å². The summed E-state index contributed by atoms with van der Waals surface area (Å²) >= 11 is 0. The van der Waals surface area contributed by atoms with Gasteiger partial charge in [-0.3, -0.25) is 4.79 Å². The van der Waals surface area contributed by atoms with Gasteiger partial charge in [-0.15, -0.1) is 0 Å². The number of amides is 1. The number of hydrogen-bond acceptors (Lipinski definition) is 3. The summed E-state index contributed by atoms with van der Waals surface area (Å²) in [4.78, 5) is 20.4. The summed E-state index contributed by atoms with van der Waals surface area (Å²) in [5.74, 6) is -0.0267. The van der Waals surface area contributed by atoms with Gasteiger partial charge in [-0.05, 0) is 82.1 Å². The van der Waals surface area contributed by atoms with Gasteiger partial charge in [0.05, 0.1) is 16.8 Å². The van der Waals surface area contributed by atoms with E-state index >= 15 is 0 Å². The monoisotopic (exact) mass is 417 g/mol. The highest BCUT2D eigenvalue weighted by molar-refractivity contribution is 6.07. The molecule has 4 nitrogen and oxygen atoms in total. The molecule has 0 unspecified atom stereocenters. The number of aryl methyl sites for hydroxylation is 2. The van der Waals surface area contributed by atoms with Gasteiger partial charge in [0.2, 0.25) is 0 Å². The molecule has 31 heavy (non-hydrogen) atoms. The van der Waals surface area contributed by atoms with Gasteiger partial charge < -0.3 is 10.2 Å². The Balaban J connectivity index is 1.78. The largest absolute Gasteiger partial charge is 0.352 e. The van der Waals surface area contributed by atoms with Crippen molar-refractivity contribution < 1.29 is 4.79 Å². The topological polar surface area (TPSA) is 45.2 Å². The Morgan fingerprint density at radius 3 is 2.39 bits per heavy atom. The molecule has 1 N–H and O–H groups in total. The maximum Gasteiger partial charge on any atom is 0.252 e. The predicted octanol–water partition coefficient (Wildman–Crippen LogP) is 5.76. The molecule has 0 radical (unpaired) electrons. The van der Waals surface area contributed by atoms with E-state index in [1.54, 1.807) is 0 Å². The number of carbonyl (C=O) groups is 1. The summed E-state index contributed by atoms with van der Waals surface area (Å²) in [6.45, 7) is 12.6. The Kier molecular flexibility index (Phi) is 8.19. The molecule has 164 valence electrons. The molecule has 0 bridgehead atoms. The Morgan fingerprint density at radius 2 is 1.68 bits per heavy atom. The molecule has 0 spiro atoms. The molecule has 1 aromatic heterocycles. The normalized spacial score (nSPS) is 11.3. The molecule has 0 aliphatic heterocycles. The molecule has 0 aliphatic carbocycles. The summed E-state index contributed by atoms with van der Waals surface area (Å²) < 4.78 is 0. The summed E-state index contributed by atoms with van der Waals surface area (Å²) in [6, 6.07) is 16.2.